The Bertz CT molecular complexity index is 979. The molecular formula is C20H18Cl3N3. The van der Waals surface area contributed by atoms with Gasteiger partial charge in [0.2, 0.25) is 0 Å². The van der Waals surface area contributed by atoms with E-state index in [1.165, 1.54) is 5.56 Å². The third kappa shape index (κ3) is 3.20. The van der Waals surface area contributed by atoms with E-state index in [-0.39, 0.29) is 0 Å². The third-order valence-corrected chi connectivity index (χ3v) is 5.67. The molecule has 0 atom stereocenters. The van der Waals surface area contributed by atoms with Crippen LogP contribution in [-0.4, -0.2) is 16.3 Å². The van der Waals surface area contributed by atoms with E-state index in [4.69, 9.17) is 39.9 Å². The quantitative estimate of drug-likeness (QED) is 0.522. The molecule has 134 valence electrons. The molecule has 4 rings (SSSR count). The summed E-state index contributed by atoms with van der Waals surface area (Å²) in [4.78, 5) is 0. The van der Waals surface area contributed by atoms with Crippen LogP contribution in [0.25, 0.3) is 16.9 Å². The van der Waals surface area contributed by atoms with Gasteiger partial charge in [0.25, 0.3) is 0 Å². The zero-order chi connectivity index (χ0) is 18.3. The summed E-state index contributed by atoms with van der Waals surface area (Å²) in [7, 11) is 0. The summed E-state index contributed by atoms with van der Waals surface area (Å²) < 4.78 is 1.94. The Morgan fingerprint density at radius 2 is 1.85 bits per heavy atom. The number of aromatic nitrogens is 2. The predicted molar refractivity (Wildman–Crippen MR) is 110 cm³/mol. The lowest BCUT2D eigenvalue weighted by atomic mass is 10.0. The van der Waals surface area contributed by atoms with Crippen molar-refractivity contribution in [2.75, 3.05) is 11.9 Å². The summed E-state index contributed by atoms with van der Waals surface area (Å²) in [5, 5.41) is 10.4. The van der Waals surface area contributed by atoms with Crippen LogP contribution in [0, 0.1) is 6.92 Å². The number of anilines is 1. The molecule has 1 aliphatic heterocycles. The minimum absolute atomic E-state index is 0.608. The minimum Gasteiger partial charge on any atom is -0.370 e. The van der Waals surface area contributed by atoms with E-state index in [2.05, 4.69) is 5.32 Å². The number of nitrogens with one attached hydrogen (secondary N) is 1. The van der Waals surface area contributed by atoms with Gasteiger partial charge in [-0.3, -0.25) is 0 Å². The first-order chi connectivity index (χ1) is 12.5. The predicted octanol–water partition coefficient (Wildman–Crippen LogP) is 6.56. The highest BCUT2D eigenvalue weighted by molar-refractivity contribution is 6.36. The van der Waals surface area contributed by atoms with Crippen LogP contribution in [0.15, 0.2) is 36.4 Å². The van der Waals surface area contributed by atoms with Crippen LogP contribution in [0.4, 0.5) is 5.82 Å². The van der Waals surface area contributed by atoms with E-state index in [9.17, 15) is 0 Å². The summed E-state index contributed by atoms with van der Waals surface area (Å²) in [5.41, 5.74) is 4.95. The highest BCUT2D eigenvalue weighted by atomic mass is 35.5. The fourth-order valence-corrected chi connectivity index (χ4v) is 3.97. The molecule has 2 aromatic carbocycles. The fourth-order valence-electron chi connectivity index (χ4n) is 3.30. The normalized spacial score (nSPS) is 13.8. The Morgan fingerprint density at radius 1 is 1.00 bits per heavy atom. The first-order valence-corrected chi connectivity index (χ1v) is 9.75. The molecule has 0 saturated carbocycles. The molecule has 0 fully saturated rings. The van der Waals surface area contributed by atoms with Crippen molar-refractivity contribution in [2.45, 2.75) is 26.2 Å². The molecule has 3 nitrogen and oxygen atoms in total. The van der Waals surface area contributed by atoms with Crippen molar-refractivity contribution in [1.82, 2.24) is 9.78 Å². The van der Waals surface area contributed by atoms with Gasteiger partial charge >= 0.3 is 0 Å². The summed E-state index contributed by atoms with van der Waals surface area (Å²) in [6, 6.07) is 11.5. The van der Waals surface area contributed by atoms with Gasteiger partial charge in [0, 0.05) is 27.7 Å². The van der Waals surface area contributed by atoms with Crippen molar-refractivity contribution in [3.63, 3.8) is 0 Å². The number of hydrogen-bond acceptors (Lipinski definition) is 2. The molecule has 0 spiro atoms. The maximum Gasteiger partial charge on any atom is 0.133 e. The van der Waals surface area contributed by atoms with Gasteiger partial charge < -0.3 is 5.32 Å². The minimum atomic E-state index is 0.608. The number of hydrogen-bond donors (Lipinski definition) is 1. The molecular weight excluding hydrogens is 389 g/mol. The van der Waals surface area contributed by atoms with Crippen molar-refractivity contribution in [2.24, 2.45) is 0 Å². The standard InChI is InChI=1S/C20H18Cl3N3/c1-12-5-7-14(11-17(12)22)26-20-16(4-2-3-9-24-20)19(25-26)15-8-6-13(21)10-18(15)23/h5-8,10-11,24H,2-4,9H2,1H3. The van der Waals surface area contributed by atoms with Crippen LogP contribution < -0.4 is 5.32 Å². The number of benzene rings is 2. The molecule has 0 unspecified atom stereocenters. The average Bonchev–Trinajstić information content (AvgIpc) is 2.79. The Kier molecular flexibility index (Phi) is 4.87. The molecule has 1 aromatic heterocycles. The maximum atomic E-state index is 6.47. The third-order valence-electron chi connectivity index (χ3n) is 4.72. The van der Waals surface area contributed by atoms with Crippen LogP contribution >= 0.6 is 34.8 Å². The van der Waals surface area contributed by atoms with Crippen molar-refractivity contribution in [3.05, 3.63) is 62.6 Å². The Balaban J connectivity index is 1.93. The van der Waals surface area contributed by atoms with Crippen LogP contribution in [0.1, 0.15) is 24.0 Å². The van der Waals surface area contributed by atoms with Crippen LogP contribution in [0.2, 0.25) is 15.1 Å². The number of fused-ring (bicyclic) bond motifs is 1. The van der Waals surface area contributed by atoms with Crippen LogP contribution in [0.5, 0.6) is 0 Å². The van der Waals surface area contributed by atoms with Gasteiger partial charge in [-0.05, 0) is 62.1 Å². The second-order valence-electron chi connectivity index (χ2n) is 6.53. The molecule has 1 N–H and O–H groups in total. The van der Waals surface area contributed by atoms with Gasteiger partial charge in [-0.25, -0.2) is 4.68 Å². The van der Waals surface area contributed by atoms with Crippen molar-refractivity contribution >= 4 is 40.6 Å². The summed E-state index contributed by atoms with van der Waals surface area (Å²) >= 11 is 18.9. The molecule has 2 heterocycles. The lowest BCUT2D eigenvalue weighted by molar-refractivity contribution is 0.780. The van der Waals surface area contributed by atoms with Crippen LogP contribution in [0.3, 0.4) is 0 Å². The first kappa shape index (κ1) is 17.7. The lowest BCUT2D eigenvalue weighted by Crippen LogP contribution is -2.07. The van der Waals surface area contributed by atoms with E-state index in [0.717, 1.165) is 59.2 Å². The molecule has 0 saturated heterocycles. The van der Waals surface area contributed by atoms with Gasteiger partial charge in [0.05, 0.1) is 16.4 Å². The highest BCUT2D eigenvalue weighted by Crippen LogP contribution is 2.38. The summed E-state index contributed by atoms with van der Waals surface area (Å²) in [6.07, 6.45) is 3.19. The highest BCUT2D eigenvalue weighted by Gasteiger charge is 2.23. The van der Waals surface area contributed by atoms with E-state index >= 15 is 0 Å². The van der Waals surface area contributed by atoms with Gasteiger partial charge in [-0.15, -0.1) is 0 Å². The van der Waals surface area contributed by atoms with Gasteiger partial charge in [-0.2, -0.15) is 5.10 Å². The second-order valence-corrected chi connectivity index (χ2v) is 7.78. The molecule has 1 aliphatic rings. The molecule has 6 heteroatoms. The summed E-state index contributed by atoms with van der Waals surface area (Å²) in [6.45, 7) is 2.92. The van der Waals surface area contributed by atoms with E-state index < -0.39 is 0 Å². The van der Waals surface area contributed by atoms with E-state index in [0.29, 0.717) is 10.0 Å². The topological polar surface area (TPSA) is 29.9 Å². The molecule has 0 radical (unpaired) electrons. The molecule has 0 bridgehead atoms. The zero-order valence-electron chi connectivity index (χ0n) is 14.3. The molecule has 3 aromatic rings. The SMILES string of the molecule is Cc1ccc(-n2nc(-c3ccc(Cl)cc3Cl)c3c2NCCCC3)cc1Cl. The van der Waals surface area contributed by atoms with Gasteiger partial charge in [0.1, 0.15) is 5.82 Å². The molecule has 26 heavy (non-hydrogen) atoms. The fraction of sp³-hybridized carbons (Fsp3) is 0.250. The zero-order valence-corrected chi connectivity index (χ0v) is 16.6. The van der Waals surface area contributed by atoms with Crippen molar-refractivity contribution in [1.29, 1.82) is 0 Å². The second kappa shape index (κ2) is 7.15. The van der Waals surface area contributed by atoms with Crippen LogP contribution in [-0.2, 0) is 6.42 Å². The number of halogens is 3. The molecule has 0 amide bonds. The van der Waals surface area contributed by atoms with Crippen molar-refractivity contribution < 1.29 is 0 Å². The Labute approximate surface area is 167 Å². The average molecular weight is 407 g/mol. The Morgan fingerprint density at radius 3 is 2.62 bits per heavy atom. The number of rotatable bonds is 2. The smallest absolute Gasteiger partial charge is 0.133 e. The van der Waals surface area contributed by atoms with E-state index in [1.54, 1.807) is 6.07 Å². The lowest BCUT2D eigenvalue weighted by Gasteiger charge is -2.10. The maximum absolute atomic E-state index is 6.47. The molecule has 0 aliphatic carbocycles. The monoisotopic (exact) mass is 405 g/mol. The van der Waals surface area contributed by atoms with Gasteiger partial charge in [0.15, 0.2) is 0 Å². The summed E-state index contributed by atoms with van der Waals surface area (Å²) in [5.74, 6) is 1.02. The number of nitrogens with zero attached hydrogens (tertiary/aromatic N) is 2. The Hall–Kier alpha value is -1.68. The van der Waals surface area contributed by atoms with E-state index in [1.807, 2.05) is 41.9 Å². The number of aryl methyl sites for hydroxylation is 1. The van der Waals surface area contributed by atoms with Crippen molar-refractivity contribution in [3.8, 4) is 16.9 Å². The largest absolute Gasteiger partial charge is 0.370 e. The van der Waals surface area contributed by atoms with Gasteiger partial charge in [-0.1, -0.05) is 40.9 Å². The first-order valence-electron chi connectivity index (χ1n) is 8.62.